The average Bonchev–Trinajstić information content (AvgIpc) is 2.89. The van der Waals surface area contributed by atoms with E-state index in [4.69, 9.17) is 9.26 Å². The number of methoxy groups -OCH3 is 1. The van der Waals surface area contributed by atoms with Gasteiger partial charge in [-0.15, -0.1) is 0 Å². The predicted molar refractivity (Wildman–Crippen MR) is 67.0 cm³/mol. The summed E-state index contributed by atoms with van der Waals surface area (Å²) >= 11 is 1.90. The highest BCUT2D eigenvalue weighted by Gasteiger charge is 2.31. The van der Waals surface area contributed by atoms with Crippen molar-refractivity contribution in [1.82, 2.24) is 15.5 Å². The summed E-state index contributed by atoms with van der Waals surface area (Å²) in [6.45, 7) is 5.02. The Kier molecular flexibility index (Phi) is 4.06. The zero-order valence-corrected chi connectivity index (χ0v) is 11.3. The third-order valence-electron chi connectivity index (χ3n) is 3.26. The molecule has 96 valence electrons. The number of rotatable bonds is 4. The lowest BCUT2D eigenvalue weighted by molar-refractivity contribution is -0.0106. The van der Waals surface area contributed by atoms with Gasteiger partial charge in [-0.3, -0.25) is 0 Å². The second-order valence-electron chi connectivity index (χ2n) is 4.33. The van der Waals surface area contributed by atoms with Gasteiger partial charge in [-0.2, -0.15) is 16.7 Å². The molecule has 1 saturated heterocycles. The van der Waals surface area contributed by atoms with Gasteiger partial charge in [0.2, 0.25) is 11.7 Å². The van der Waals surface area contributed by atoms with Crippen molar-refractivity contribution in [3.05, 3.63) is 11.7 Å². The fraction of sp³-hybridized carbons (Fsp3) is 0.818. The van der Waals surface area contributed by atoms with E-state index in [1.807, 2.05) is 25.6 Å². The van der Waals surface area contributed by atoms with Crippen molar-refractivity contribution < 1.29 is 9.26 Å². The Bertz CT molecular complexity index is 359. The van der Waals surface area contributed by atoms with Crippen LogP contribution in [0.5, 0.6) is 0 Å². The highest BCUT2D eigenvalue weighted by molar-refractivity contribution is 7.99. The van der Waals surface area contributed by atoms with E-state index in [0.29, 0.717) is 11.7 Å². The number of ether oxygens (including phenoxy) is 1. The molecule has 0 saturated carbocycles. The number of thioether (sulfide) groups is 1. The minimum absolute atomic E-state index is 0.174. The van der Waals surface area contributed by atoms with Crippen molar-refractivity contribution in [2.45, 2.75) is 31.9 Å². The minimum atomic E-state index is -0.455. The molecule has 0 aliphatic carbocycles. The molecule has 17 heavy (non-hydrogen) atoms. The molecule has 0 aromatic carbocycles. The van der Waals surface area contributed by atoms with Gasteiger partial charge in [0.1, 0.15) is 5.60 Å². The highest BCUT2D eigenvalue weighted by Crippen LogP contribution is 2.27. The van der Waals surface area contributed by atoms with Gasteiger partial charge in [0.25, 0.3) is 0 Å². The fourth-order valence-electron chi connectivity index (χ4n) is 1.71. The van der Waals surface area contributed by atoms with Gasteiger partial charge in [-0.25, -0.2) is 0 Å². The first-order chi connectivity index (χ1) is 8.19. The molecular formula is C11H19N3O2S. The second kappa shape index (κ2) is 5.37. The van der Waals surface area contributed by atoms with Crippen molar-refractivity contribution in [2.24, 2.45) is 0 Å². The Morgan fingerprint density at radius 2 is 2.47 bits per heavy atom. The van der Waals surface area contributed by atoms with E-state index in [-0.39, 0.29) is 6.04 Å². The van der Waals surface area contributed by atoms with Crippen molar-refractivity contribution in [3.63, 3.8) is 0 Å². The summed E-state index contributed by atoms with van der Waals surface area (Å²) in [5, 5.41) is 7.42. The largest absolute Gasteiger partial charge is 0.370 e. The van der Waals surface area contributed by atoms with Gasteiger partial charge < -0.3 is 14.6 Å². The molecule has 1 aromatic rings. The van der Waals surface area contributed by atoms with Crippen LogP contribution >= 0.6 is 11.8 Å². The molecule has 0 spiro atoms. The van der Waals surface area contributed by atoms with Crippen LogP contribution in [-0.4, -0.2) is 35.3 Å². The van der Waals surface area contributed by atoms with Crippen LogP contribution in [-0.2, 0) is 10.3 Å². The van der Waals surface area contributed by atoms with Crippen molar-refractivity contribution in [3.8, 4) is 0 Å². The Balaban J connectivity index is 2.14. The molecule has 0 bridgehead atoms. The summed E-state index contributed by atoms with van der Waals surface area (Å²) in [6.07, 6.45) is 0.815. The molecule has 0 radical (unpaired) electrons. The van der Waals surface area contributed by atoms with Crippen LogP contribution in [0.3, 0.4) is 0 Å². The standard InChI is InChI=1S/C11H19N3O2S/c1-4-11(2,15-3)10-13-9(16-14-10)8-7-17-6-5-12-8/h8,12H,4-7H2,1-3H3. The first kappa shape index (κ1) is 12.9. The van der Waals surface area contributed by atoms with Crippen molar-refractivity contribution >= 4 is 11.8 Å². The Labute approximate surface area is 106 Å². The van der Waals surface area contributed by atoms with Crippen LogP contribution in [0.1, 0.15) is 38.0 Å². The quantitative estimate of drug-likeness (QED) is 0.886. The molecule has 2 heterocycles. The van der Waals surface area contributed by atoms with Crippen LogP contribution in [0.25, 0.3) is 0 Å². The van der Waals surface area contributed by atoms with Gasteiger partial charge in [-0.1, -0.05) is 12.1 Å². The number of nitrogens with one attached hydrogen (secondary N) is 1. The third kappa shape index (κ3) is 2.64. The summed E-state index contributed by atoms with van der Waals surface area (Å²) in [7, 11) is 1.67. The van der Waals surface area contributed by atoms with Gasteiger partial charge in [0, 0.05) is 25.2 Å². The molecule has 5 nitrogen and oxygen atoms in total. The maximum atomic E-state index is 5.46. The van der Waals surface area contributed by atoms with Crippen molar-refractivity contribution in [2.75, 3.05) is 25.2 Å². The molecule has 6 heteroatoms. The van der Waals surface area contributed by atoms with Crippen LogP contribution in [0.2, 0.25) is 0 Å². The third-order valence-corrected chi connectivity index (χ3v) is 4.32. The lowest BCUT2D eigenvalue weighted by Crippen LogP contribution is -2.31. The Morgan fingerprint density at radius 3 is 3.06 bits per heavy atom. The molecule has 0 amide bonds. The van der Waals surface area contributed by atoms with Gasteiger partial charge in [0.05, 0.1) is 6.04 Å². The SMILES string of the molecule is CCC(C)(OC)c1noc(C2CSCCN2)n1. The maximum absolute atomic E-state index is 5.46. The molecule has 2 rings (SSSR count). The average molecular weight is 257 g/mol. The zero-order valence-electron chi connectivity index (χ0n) is 10.5. The van der Waals surface area contributed by atoms with Gasteiger partial charge in [0.15, 0.2) is 0 Å². The predicted octanol–water partition coefficient (Wildman–Crippen LogP) is 1.72. The molecule has 1 aromatic heterocycles. The van der Waals surface area contributed by atoms with Gasteiger partial charge in [-0.05, 0) is 13.3 Å². The molecule has 1 aliphatic heterocycles. The fourth-order valence-corrected chi connectivity index (χ4v) is 2.63. The second-order valence-corrected chi connectivity index (χ2v) is 5.48. The molecule has 2 unspecified atom stereocenters. The smallest absolute Gasteiger partial charge is 0.244 e. The van der Waals surface area contributed by atoms with E-state index in [1.54, 1.807) is 7.11 Å². The Morgan fingerprint density at radius 1 is 1.65 bits per heavy atom. The van der Waals surface area contributed by atoms with Crippen molar-refractivity contribution in [1.29, 1.82) is 0 Å². The summed E-state index contributed by atoms with van der Waals surface area (Å²) < 4.78 is 10.8. The van der Waals surface area contributed by atoms with E-state index >= 15 is 0 Å². The van der Waals surface area contributed by atoms with E-state index < -0.39 is 5.60 Å². The monoisotopic (exact) mass is 257 g/mol. The van der Waals surface area contributed by atoms with E-state index in [0.717, 1.165) is 24.5 Å². The summed E-state index contributed by atoms with van der Waals surface area (Å²) in [5.74, 6) is 3.43. The topological polar surface area (TPSA) is 60.2 Å². The first-order valence-corrected chi connectivity index (χ1v) is 7.05. The number of hydrogen-bond donors (Lipinski definition) is 1. The van der Waals surface area contributed by atoms with Gasteiger partial charge >= 0.3 is 0 Å². The van der Waals surface area contributed by atoms with E-state index in [9.17, 15) is 0 Å². The minimum Gasteiger partial charge on any atom is -0.370 e. The van der Waals surface area contributed by atoms with Crippen LogP contribution in [0, 0.1) is 0 Å². The number of aromatic nitrogens is 2. The molecule has 1 fully saturated rings. The highest BCUT2D eigenvalue weighted by atomic mass is 32.2. The summed E-state index contributed by atoms with van der Waals surface area (Å²) in [5.41, 5.74) is -0.455. The molecule has 1 aliphatic rings. The van der Waals surface area contributed by atoms with Crippen LogP contribution in [0.15, 0.2) is 4.52 Å². The number of hydrogen-bond acceptors (Lipinski definition) is 6. The zero-order chi connectivity index (χ0) is 12.3. The summed E-state index contributed by atoms with van der Waals surface area (Å²) in [4.78, 5) is 4.47. The van der Waals surface area contributed by atoms with E-state index in [2.05, 4.69) is 15.5 Å². The Hall–Kier alpha value is -0.590. The molecule has 2 atom stereocenters. The lowest BCUT2D eigenvalue weighted by atomic mass is 10.0. The normalized spacial score (nSPS) is 24.5. The lowest BCUT2D eigenvalue weighted by Gasteiger charge is -2.22. The maximum Gasteiger partial charge on any atom is 0.244 e. The van der Waals surface area contributed by atoms with Crippen LogP contribution < -0.4 is 5.32 Å². The number of nitrogens with zero attached hydrogens (tertiary/aromatic N) is 2. The molecular weight excluding hydrogens is 238 g/mol. The first-order valence-electron chi connectivity index (χ1n) is 5.90. The summed E-state index contributed by atoms with van der Waals surface area (Å²) in [6, 6.07) is 0.174. The van der Waals surface area contributed by atoms with Crippen LogP contribution in [0.4, 0.5) is 0 Å². The molecule has 1 N–H and O–H groups in total. The van der Waals surface area contributed by atoms with E-state index in [1.165, 1.54) is 0 Å².